The van der Waals surface area contributed by atoms with Crippen LogP contribution in [0.1, 0.15) is 12.0 Å². The van der Waals surface area contributed by atoms with Gasteiger partial charge in [0.25, 0.3) is 0 Å². The van der Waals surface area contributed by atoms with Crippen LogP contribution in [0.4, 0.5) is 10.1 Å². The number of nitrogens with zero attached hydrogens (tertiary/aromatic N) is 3. The third kappa shape index (κ3) is 5.09. The lowest BCUT2D eigenvalue weighted by Gasteiger charge is -2.26. The molecule has 0 unspecified atom stereocenters. The summed E-state index contributed by atoms with van der Waals surface area (Å²) in [6, 6.07) is 19.2. The maximum atomic E-state index is 14.4. The van der Waals surface area contributed by atoms with Crippen molar-refractivity contribution in [1.29, 1.82) is 0 Å². The van der Waals surface area contributed by atoms with Crippen molar-refractivity contribution in [3.05, 3.63) is 78.2 Å². The van der Waals surface area contributed by atoms with Gasteiger partial charge >= 0.3 is 0 Å². The van der Waals surface area contributed by atoms with Crippen LogP contribution in [-0.4, -0.2) is 61.1 Å². The molecule has 1 saturated heterocycles. The number of fused-ring (bicyclic) bond motifs is 1. The van der Waals surface area contributed by atoms with E-state index in [0.29, 0.717) is 18.8 Å². The monoisotopic (exact) mass is 492 g/mol. The first kappa shape index (κ1) is 23.5. The number of nitrogens with one attached hydrogen (secondary N) is 1. The molecule has 2 aromatic carbocycles. The number of aryl methyl sites for hydroxylation is 1. The highest BCUT2D eigenvalue weighted by Crippen LogP contribution is 2.29. The van der Waals surface area contributed by atoms with Crippen molar-refractivity contribution < 1.29 is 12.8 Å². The van der Waals surface area contributed by atoms with Crippen molar-refractivity contribution in [1.82, 2.24) is 14.5 Å². The van der Waals surface area contributed by atoms with Crippen LogP contribution in [0.3, 0.4) is 0 Å². The second-order valence-electron chi connectivity index (χ2n) is 8.97. The van der Waals surface area contributed by atoms with Crippen LogP contribution in [0.5, 0.6) is 0 Å². The molecule has 0 amide bonds. The number of hydrogen-bond acceptors (Lipinski definition) is 5. The zero-order valence-electron chi connectivity index (χ0n) is 19.7. The largest absolute Gasteiger partial charge is 0.386 e. The summed E-state index contributed by atoms with van der Waals surface area (Å²) in [5, 5.41) is 3.93. The minimum Gasteiger partial charge on any atom is -0.386 e. The van der Waals surface area contributed by atoms with Gasteiger partial charge in [0, 0.05) is 43.0 Å². The number of sulfone groups is 1. The average Bonchev–Trinajstić information content (AvgIpc) is 3.23. The molecule has 6 nitrogen and oxygen atoms in total. The van der Waals surface area contributed by atoms with Crippen molar-refractivity contribution in [3.8, 4) is 16.9 Å². The molecule has 182 valence electrons. The maximum absolute atomic E-state index is 14.4. The smallest absolute Gasteiger partial charge is 0.152 e. The molecule has 1 N–H and O–H groups in total. The van der Waals surface area contributed by atoms with Gasteiger partial charge in [-0.2, -0.15) is 0 Å². The second kappa shape index (κ2) is 9.79. The molecule has 2 aromatic heterocycles. The number of aromatic nitrogens is 2. The second-order valence-corrected chi connectivity index (χ2v) is 11.3. The van der Waals surface area contributed by atoms with Crippen LogP contribution < -0.4 is 5.32 Å². The average molecular weight is 493 g/mol. The number of pyridine rings is 1. The van der Waals surface area contributed by atoms with E-state index in [2.05, 4.69) is 27.0 Å². The van der Waals surface area contributed by atoms with Crippen LogP contribution in [0.25, 0.3) is 28.0 Å². The molecule has 0 spiro atoms. The Morgan fingerprint density at radius 3 is 2.51 bits per heavy atom. The topological polar surface area (TPSA) is 67.2 Å². The molecule has 1 aliphatic heterocycles. The van der Waals surface area contributed by atoms with Gasteiger partial charge in [0.15, 0.2) is 9.84 Å². The molecular formula is C27H29FN4O2S. The fourth-order valence-corrected chi connectivity index (χ4v) is 5.94. The first-order valence-corrected chi connectivity index (χ1v) is 13.7. The first-order valence-electron chi connectivity index (χ1n) is 11.9. The number of anilines is 1. The van der Waals surface area contributed by atoms with Gasteiger partial charge in [-0.3, -0.25) is 0 Å². The molecule has 5 rings (SSSR count). The summed E-state index contributed by atoms with van der Waals surface area (Å²) in [7, 11) is -1.16. The van der Waals surface area contributed by atoms with Crippen molar-refractivity contribution in [2.24, 2.45) is 0 Å². The van der Waals surface area contributed by atoms with E-state index < -0.39 is 9.84 Å². The Morgan fingerprint density at radius 1 is 1.03 bits per heavy atom. The Labute approximate surface area is 205 Å². The fraction of sp³-hybridized carbons (Fsp3) is 0.296. The number of rotatable bonds is 7. The van der Waals surface area contributed by atoms with E-state index in [1.54, 1.807) is 13.1 Å². The van der Waals surface area contributed by atoms with E-state index in [1.807, 2.05) is 42.5 Å². The summed E-state index contributed by atoms with van der Waals surface area (Å²) < 4.78 is 39.9. The summed E-state index contributed by atoms with van der Waals surface area (Å²) in [5.41, 5.74) is 4.96. The molecule has 4 aromatic rings. The maximum Gasteiger partial charge on any atom is 0.152 e. The standard InChI is InChI=1S/C27H29FN4O2S/c1-29-26-11-9-20(18-24(26)28)25-12-10-23-21(6-5-13-31-14-16-35(33,34)17-15-31)19-32(27(23)30-25)22-7-3-2-4-8-22/h2-4,7-12,18-19,29H,5-6,13-17H2,1H3. The number of para-hydroxylation sites is 1. The van der Waals surface area contributed by atoms with E-state index in [4.69, 9.17) is 4.98 Å². The minimum atomic E-state index is -2.86. The van der Waals surface area contributed by atoms with Crippen LogP contribution in [0, 0.1) is 5.82 Å². The molecule has 0 atom stereocenters. The molecule has 0 bridgehead atoms. The van der Waals surface area contributed by atoms with Gasteiger partial charge < -0.3 is 14.8 Å². The number of benzene rings is 2. The predicted molar refractivity (Wildman–Crippen MR) is 139 cm³/mol. The quantitative estimate of drug-likeness (QED) is 0.410. The molecule has 35 heavy (non-hydrogen) atoms. The van der Waals surface area contributed by atoms with Crippen LogP contribution in [-0.2, 0) is 16.3 Å². The number of halogens is 1. The molecule has 1 aliphatic rings. The van der Waals surface area contributed by atoms with Gasteiger partial charge in [-0.05, 0) is 61.3 Å². The molecule has 0 aliphatic carbocycles. The van der Waals surface area contributed by atoms with Crippen molar-refractivity contribution >= 4 is 26.6 Å². The van der Waals surface area contributed by atoms with Gasteiger partial charge in [-0.1, -0.05) is 24.3 Å². The Hall–Kier alpha value is -3.23. The van der Waals surface area contributed by atoms with E-state index in [0.717, 1.165) is 47.4 Å². The van der Waals surface area contributed by atoms with Crippen molar-refractivity contribution in [2.75, 3.05) is 43.5 Å². The lowest BCUT2D eigenvalue weighted by molar-refractivity contribution is 0.292. The minimum absolute atomic E-state index is 0.253. The van der Waals surface area contributed by atoms with Gasteiger partial charge in [0.2, 0.25) is 0 Å². The zero-order valence-corrected chi connectivity index (χ0v) is 20.6. The zero-order chi connectivity index (χ0) is 24.4. The van der Waals surface area contributed by atoms with E-state index >= 15 is 0 Å². The van der Waals surface area contributed by atoms with Crippen molar-refractivity contribution in [2.45, 2.75) is 12.8 Å². The lowest BCUT2D eigenvalue weighted by atomic mass is 10.1. The molecule has 1 fully saturated rings. The Morgan fingerprint density at radius 2 is 1.80 bits per heavy atom. The molecular weight excluding hydrogens is 463 g/mol. The van der Waals surface area contributed by atoms with Crippen molar-refractivity contribution in [3.63, 3.8) is 0 Å². The normalized spacial score (nSPS) is 15.9. The van der Waals surface area contributed by atoms with Crippen LogP contribution >= 0.6 is 0 Å². The summed E-state index contributed by atoms with van der Waals surface area (Å²) in [6.45, 7) is 2.10. The summed E-state index contributed by atoms with van der Waals surface area (Å²) in [4.78, 5) is 7.19. The van der Waals surface area contributed by atoms with Gasteiger partial charge in [-0.15, -0.1) is 0 Å². The van der Waals surface area contributed by atoms with Crippen LogP contribution in [0.2, 0.25) is 0 Å². The Kier molecular flexibility index (Phi) is 6.58. The summed E-state index contributed by atoms with van der Waals surface area (Å²) in [5.74, 6) is 0.197. The van der Waals surface area contributed by atoms with Gasteiger partial charge in [0.05, 0.1) is 22.9 Å². The van der Waals surface area contributed by atoms with Gasteiger partial charge in [-0.25, -0.2) is 17.8 Å². The highest BCUT2D eigenvalue weighted by molar-refractivity contribution is 7.91. The van der Waals surface area contributed by atoms with Gasteiger partial charge in [0.1, 0.15) is 11.5 Å². The molecule has 0 saturated carbocycles. The molecule has 3 heterocycles. The van der Waals surface area contributed by atoms with Crippen LogP contribution in [0.15, 0.2) is 66.9 Å². The predicted octanol–water partition coefficient (Wildman–Crippen LogP) is 4.54. The third-order valence-corrected chi connectivity index (χ3v) is 8.27. The summed E-state index contributed by atoms with van der Waals surface area (Å²) in [6.07, 6.45) is 3.95. The third-order valence-electron chi connectivity index (χ3n) is 6.66. The SMILES string of the molecule is CNc1ccc(-c2ccc3c(CCCN4CCS(=O)(=O)CC4)cn(-c4ccccc4)c3n2)cc1F. The van der Waals surface area contributed by atoms with E-state index in [1.165, 1.54) is 11.6 Å². The van der Waals surface area contributed by atoms with E-state index in [9.17, 15) is 12.8 Å². The fourth-order valence-electron chi connectivity index (χ4n) is 4.66. The first-order chi connectivity index (χ1) is 16.9. The number of hydrogen-bond donors (Lipinski definition) is 1. The molecule has 8 heteroatoms. The highest BCUT2D eigenvalue weighted by atomic mass is 32.2. The molecule has 0 radical (unpaired) electrons. The van der Waals surface area contributed by atoms with E-state index in [-0.39, 0.29) is 17.3 Å². The highest BCUT2D eigenvalue weighted by Gasteiger charge is 2.21. The summed E-state index contributed by atoms with van der Waals surface area (Å²) >= 11 is 0. The lowest BCUT2D eigenvalue weighted by Crippen LogP contribution is -2.40. The Bertz CT molecular complexity index is 1440. The Balaban J connectivity index is 1.44.